The van der Waals surface area contributed by atoms with Crippen LogP contribution in [-0.4, -0.2) is 35.0 Å². The van der Waals surface area contributed by atoms with Crippen molar-refractivity contribution >= 4 is 11.9 Å². The maximum absolute atomic E-state index is 13.3. The highest BCUT2D eigenvalue weighted by atomic mass is 16.4. The van der Waals surface area contributed by atoms with Gasteiger partial charge in [-0.1, -0.05) is 60.7 Å². The third-order valence-corrected chi connectivity index (χ3v) is 4.76. The molecule has 0 unspecified atom stereocenters. The number of carboxylic acids is 1. The first-order valence-electron chi connectivity index (χ1n) is 8.27. The molecule has 3 rings (SSSR count). The van der Waals surface area contributed by atoms with Gasteiger partial charge in [0.15, 0.2) is 0 Å². The highest BCUT2D eigenvalue weighted by Crippen LogP contribution is 2.41. The second-order valence-corrected chi connectivity index (χ2v) is 6.18. The van der Waals surface area contributed by atoms with Crippen LogP contribution in [0.4, 0.5) is 0 Å². The predicted molar refractivity (Wildman–Crippen MR) is 91.7 cm³/mol. The maximum atomic E-state index is 13.3. The van der Waals surface area contributed by atoms with Crippen LogP contribution in [0.3, 0.4) is 0 Å². The lowest BCUT2D eigenvalue weighted by molar-refractivity contribution is -0.138. The molecule has 1 saturated heterocycles. The summed E-state index contributed by atoms with van der Waals surface area (Å²) in [6.07, 6.45) is 1.29. The van der Waals surface area contributed by atoms with Gasteiger partial charge in [-0.3, -0.25) is 9.59 Å². The Morgan fingerprint density at radius 3 is 2.04 bits per heavy atom. The first kappa shape index (κ1) is 16.2. The molecule has 1 heterocycles. The van der Waals surface area contributed by atoms with Crippen LogP contribution in [0.25, 0.3) is 0 Å². The van der Waals surface area contributed by atoms with E-state index in [1.54, 1.807) is 0 Å². The molecular formula is C20H21NO3. The van der Waals surface area contributed by atoms with Crippen molar-refractivity contribution in [1.29, 1.82) is 0 Å². The molecule has 2 aromatic rings. The average Bonchev–Trinajstić information content (AvgIpc) is 2.94. The Labute approximate surface area is 141 Å². The van der Waals surface area contributed by atoms with Crippen molar-refractivity contribution in [2.24, 2.45) is 0 Å². The third-order valence-electron chi connectivity index (χ3n) is 4.76. The highest BCUT2D eigenvalue weighted by Gasteiger charge is 2.48. The number of carboxylic acid groups (broad SMARTS) is 1. The molecule has 1 aliphatic rings. The fourth-order valence-corrected chi connectivity index (χ4v) is 3.56. The van der Waals surface area contributed by atoms with Crippen molar-refractivity contribution in [3.05, 3.63) is 71.8 Å². The lowest BCUT2D eigenvalue weighted by Crippen LogP contribution is -2.39. The zero-order chi connectivity index (χ0) is 17.0. The number of carbonyl (C=O) groups excluding carboxylic acids is 1. The highest BCUT2D eigenvalue weighted by molar-refractivity contribution is 5.94. The summed E-state index contributed by atoms with van der Waals surface area (Å²) in [6, 6.07) is 19.8. The predicted octanol–water partition coefficient (Wildman–Crippen LogP) is 3.07. The van der Waals surface area contributed by atoms with Crippen molar-refractivity contribution < 1.29 is 14.7 Å². The number of hydrogen-bond donors (Lipinski definition) is 1. The number of likely N-dealkylation sites (tertiary alicyclic amines) is 1. The van der Waals surface area contributed by atoms with Crippen molar-refractivity contribution in [3.8, 4) is 0 Å². The molecule has 4 heteroatoms. The Morgan fingerprint density at radius 2 is 1.54 bits per heavy atom. The fraction of sp³-hybridized carbons (Fsp3) is 0.300. The first-order valence-corrected chi connectivity index (χ1v) is 8.27. The van der Waals surface area contributed by atoms with E-state index in [4.69, 9.17) is 5.11 Å². The zero-order valence-corrected chi connectivity index (χ0v) is 13.5. The molecule has 0 aromatic heterocycles. The summed E-state index contributed by atoms with van der Waals surface area (Å²) >= 11 is 0. The maximum Gasteiger partial charge on any atom is 0.303 e. The number of benzene rings is 2. The molecule has 0 bridgehead atoms. The van der Waals surface area contributed by atoms with E-state index in [2.05, 4.69) is 0 Å². The van der Waals surface area contributed by atoms with Gasteiger partial charge in [0.2, 0.25) is 5.91 Å². The minimum atomic E-state index is -0.820. The Balaban J connectivity index is 1.93. The Morgan fingerprint density at radius 1 is 1.00 bits per heavy atom. The molecule has 0 aliphatic carbocycles. The number of hydrogen-bond acceptors (Lipinski definition) is 2. The Hall–Kier alpha value is -2.62. The topological polar surface area (TPSA) is 57.6 Å². The summed E-state index contributed by atoms with van der Waals surface area (Å²) in [4.78, 5) is 25.8. The summed E-state index contributed by atoms with van der Waals surface area (Å²) in [7, 11) is 0. The van der Waals surface area contributed by atoms with Gasteiger partial charge in [0.05, 0.1) is 0 Å². The van der Waals surface area contributed by atoms with Crippen LogP contribution >= 0.6 is 0 Å². The van der Waals surface area contributed by atoms with E-state index >= 15 is 0 Å². The normalized spacial score (nSPS) is 16.3. The molecule has 2 aromatic carbocycles. The molecule has 4 nitrogen and oxygen atoms in total. The minimum absolute atomic E-state index is 0.0743. The molecule has 0 spiro atoms. The van der Waals surface area contributed by atoms with Crippen LogP contribution in [0.1, 0.15) is 30.4 Å². The smallest absolute Gasteiger partial charge is 0.303 e. The molecule has 1 N–H and O–H groups in total. The van der Waals surface area contributed by atoms with Crippen molar-refractivity contribution in [1.82, 2.24) is 4.90 Å². The van der Waals surface area contributed by atoms with E-state index in [-0.39, 0.29) is 12.3 Å². The Kier molecular flexibility index (Phi) is 4.65. The molecule has 1 amide bonds. The van der Waals surface area contributed by atoms with Gasteiger partial charge < -0.3 is 10.0 Å². The molecule has 0 radical (unpaired) electrons. The van der Waals surface area contributed by atoms with E-state index in [1.807, 2.05) is 65.6 Å². The van der Waals surface area contributed by atoms with Crippen LogP contribution in [0.2, 0.25) is 0 Å². The lowest BCUT2D eigenvalue weighted by Gasteiger charge is -2.29. The third kappa shape index (κ3) is 2.92. The average molecular weight is 323 g/mol. The SMILES string of the molecule is O=C(O)CCCN1CCC(c2ccccc2)(c2ccccc2)C1=O. The van der Waals surface area contributed by atoms with Crippen LogP contribution in [0.15, 0.2) is 60.7 Å². The van der Waals surface area contributed by atoms with E-state index in [9.17, 15) is 9.59 Å². The van der Waals surface area contributed by atoms with Gasteiger partial charge in [0, 0.05) is 19.5 Å². The van der Waals surface area contributed by atoms with E-state index in [1.165, 1.54) is 0 Å². The van der Waals surface area contributed by atoms with Crippen LogP contribution in [0.5, 0.6) is 0 Å². The summed E-state index contributed by atoms with van der Waals surface area (Å²) in [5, 5.41) is 8.81. The first-order chi connectivity index (χ1) is 11.6. The van der Waals surface area contributed by atoms with Crippen molar-refractivity contribution in [2.45, 2.75) is 24.7 Å². The van der Waals surface area contributed by atoms with Gasteiger partial charge in [0.1, 0.15) is 5.41 Å². The van der Waals surface area contributed by atoms with Gasteiger partial charge in [-0.15, -0.1) is 0 Å². The molecule has 0 saturated carbocycles. The van der Waals surface area contributed by atoms with Gasteiger partial charge in [-0.2, -0.15) is 0 Å². The van der Waals surface area contributed by atoms with E-state index < -0.39 is 11.4 Å². The standard InChI is InChI=1S/C20H21NO3/c22-18(23)12-7-14-21-15-13-20(19(21)24,16-8-3-1-4-9-16)17-10-5-2-6-11-17/h1-6,8-11H,7,12-15H2,(H,22,23). The second kappa shape index (κ2) is 6.87. The molecular weight excluding hydrogens is 302 g/mol. The summed E-state index contributed by atoms with van der Waals surface area (Å²) in [5.41, 5.74) is 1.34. The van der Waals surface area contributed by atoms with E-state index in [0.717, 1.165) is 11.1 Å². The summed E-state index contributed by atoms with van der Waals surface area (Å²) < 4.78 is 0. The van der Waals surface area contributed by atoms with Crippen LogP contribution < -0.4 is 0 Å². The minimum Gasteiger partial charge on any atom is -0.481 e. The van der Waals surface area contributed by atoms with Crippen molar-refractivity contribution in [3.63, 3.8) is 0 Å². The van der Waals surface area contributed by atoms with Gasteiger partial charge in [-0.05, 0) is 24.0 Å². The fourth-order valence-electron chi connectivity index (χ4n) is 3.56. The number of rotatable bonds is 6. The number of carbonyl (C=O) groups is 2. The summed E-state index contributed by atoms with van der Waals surface area (Å²) in [5.74, 6) is -0.746. The second-order valence-electron chi connectivity index (χ2n) is 6.18. The molecule has 24 heavy (non-hydrogen) atoms. The Bertz CT molecular complexity index is 673. The molecule has 1 aliphatic heterocycles. The number of amides is 1. The number of aliphatic carboxylic acids is 1. The monoisotopic (exact) mass is 323 g/mol. The largest absolute Gasteiger partial charge is 0.481 e. The van der Waals surface area contributed by atoms with Crippen LogP contribution in [-0.2, 0) is 15.0 Å². The molecule has 0 atom stereocenters. The lowest BCUT2D eigenvalue weighted by atomic mass is 9.73. The zero-order valence-electron chi connectivity index (χ0n) is 13.5. The summed E-state index contributed by atoms with van der Waals surface area (Å²) in [6.45, 7) is 1.15. The molecule has 1 fully saturated rings. The molecule has 124 valence electrons. The van der Waals surface area contributed by atoms with Gasteiger partial charge in [-0.25, -0.2) is 0 Å². The number of nitrogens with zero attached hydrogens (tertiary/aromatic N) is 1. The van der Waals surface area contributed by atoms with Gasteiger partial charge >= 0.3 is 5.97 Å². The van der Waals surface area contributed by atoms with E-state index in [0.29, 0.717) is 25.9 Å². The van der Waals surface area contributed by atoms with Gasteiger partial charge in [0.25, 0.3) is 0 Å². The van der Waals surface area contributed by atoms with Crippen molar-refractivity contribution in [2.75, 3.05) is 13.1 Å². The quantitative estimate of drug-likeness (QED) is 0.889. The van der Waals surface area contributed by atoms with Crippen LogP contribution in [0, 0.1) is 0 Å².